The van der Waals surface area contributed by atoms with E-state index in [9.17, 15) is 8.78 Å². The third-order valence-electron chi connectivity index (χ3n) is 6.47. The van der Waals surface area contributed by atoms with Crippen LogP contribution in [0, 0.1) is 11.6 Å². The van der Waals surface area contributed by atoms with Gasteiger partial charge in [-0.15, -0.1) is 11.8 Å². The van der Waals surface area contributed by atoms with Crippen molar-refractivity contribution in [2.75, 3.05) is 28.4 Å². The first-order chi connectivity index (χ1) is 19.9. The van der Waals surface area contributed by atoms with Crippen LogP contribution < -0.4 is 18.9 Å². The molecule has 0 radical (unpaired) electrons. The lowest BCUT2D eigenvalue weighted by atomic mass is 10.1. The quantitative estimate of drug-likeness (QED) is 0.169. The molecule has 2 unspecified atom stereocenters. The lowest BCUT2D eigenvalue weighted by molar-refractivity contribution is 0.393. The van der Waals surface area contributed by atoms with E-state index >= 15 is 0 Å². The summed E-state index contributed by atoms with van der Waals surface area (Å²) in [5, 5.41) is -0.361. The van der Waals surface area contributed by atoms with Crippen molar-refractivity contribution in [3.63, 3.8) is 0 Å². The number of rotatable bonds is 12. The molecule has 4 nitrogen and oxygen atoms in total. The van der Waals surface area contributed by atoms with Crippen LogP contribution in [-0.2, 0) is 0 Å². The molecule has 4 rings (SSSR count). The topological polar surface area (TPSA) is 36.9 Å². The molecule has 0 saturated carbocycles. The van der Waals surface area contributed by atoms with Crippen LogP contribution in [0.3, 0.4) is 0 Å². The van der Waals surface area contributed by atoms with Gasteiger partial charge in [-0.2, -0.15) is 0 Å². The fraction of sp³-hybridized carbons (Fsp3) is 0.176. The standard InChI is InChI=1S/C34H32F2O4S/c1-37-29-17-9-23(31(21-29)39-3)11-19-33(25-5-13-27(35)14-6-25)41-34(26-7-15-28(36)16-8-26)20-12-24-10-18-30(38-2)22-32(24)40-4/h5-22,33-34H,1-4H3/b19-11-,20-12-. The van der Waals surface area contributed by atoms with E-state index in [4.69, 9.17) is 18.9 Å². The average Bonchev–Trinajstić information content (AvgIpc) is 3.01. The number of benzene rings is 4. The van der Waals surface area contributed by atoms with Crippen molar-refractivity contribution in [1.29, 1.82) is 0 Å². The van der Waals surface area contributed by atoms with E-state index in [-0.39, 0.29) is 22.1 Å². The predicted octanol–water partition coefficient (Wildman–Crippen LogP) is 8.94. The SMILES string of the molecule is COc1ccc(/C=C\C(SC(/C=C\c2ccc(OC)cc2OC)c2ccc(F)cc2)c2ccc(F)cc2)c(OC)c1. The maximum absolute atomic E-state index is 13.8. The molecule has 7 heteroatoms. The van der Waals surface area contributed by atoms with Crippen LogP contribution in [0.2, 0.25) is 0 Å². The van der Waals surface area contributed by atoms with E-state index in [1.54, 1.807) is 64.5 Å². The first-order valence-electron chi connectivity index (χ1n) is 12.9. The molecule has 0 aliphatic heterocycles. The van der Waals surface area contributed by atoms with Crippen molar-refractivity contribution >= 4 is 23.9 Å². The largest absolute Gasteiger partial charge is 0.497 e. The molecule has 41 heavy (non-hydrogen) atoms. The molecule has 212 valence electrons. The van der Waals surface area contributed by atoms with Gasteiger partial charge < -0.3 is 18.9 Å². The van der Waals surface area contributed by atoms with Crippen LogP contribution in [0.25, 0.3) is 12.2 Å². The van der Waals surface area contributed by atoms with E-state index in [1.807, 2.05) is 48.6 Å². The molecule has 0 aliphatic rings. The lowest BCUT2D eigenvalue weighted by Gasteiger charge is -2.20. The maximum Gasteiger partial charge on any atom is 0.129 e. The minimum Gasteiger partial charge on any atom is -0.497 e. The number of ether oxygens (including phenoxy) is 4. The molecule has 0 aliphatic carbocycles. The summed E-state index contributed by atoms with van der Waals surface area (Å²) in [5.74, 6) is 2.12. The normalized spacial score (nSPS) is 12.8. The number of methoxy groups -OCH3 is 4. The summed E-state index contributed by atoms with van der Waals surface area (Å²) in [6, 6.07) is 24.2. The Labute approximate surface area is 244 Å². The van der Waals surface area contributed by atoms with Gasteiger partial charge in [-0.3, -0.25) is 0 Å². The van der Waals surface area contributed by atoms with Gasteiger partial charge in [-0.05, 0) is 59.7 Å². The zero-order valence-corrected chi connectivity index (χ0v) is 24.2. The van der Waals surface area contributed by atoms with Gasteiger partial charge in [-0.1, -0.05) is 48.6 Å². The summed E-state index contributed by atoms with van der Waals surface area (Å²) >= 11 is 1.64. The van der Waals surface area contributed by atoms with Crippen LogP contribution >= 0.6 is 11.8 Å². The molecule has 0 spiro atoms. The van der Waals surface area contributed by atoms with Gasteiger partial charge in [0, 0.05) is 33.8 Å². The molecule has 4 aromatic rings. The van der Waals surface area contributed by atoms with Crippen molar-refractivity contribution in [1.82, 2.24) is 0 Å². The minimum absolute atomic E-state index is 0.181. The van der Waals surface area contributed by atoms with E-state index < -0.39 is 0 Å². The lowest BCUT2D eigenvalue weighted by Crippen LogP contribution is -1.98. The Morgan fingerprint density at radius 2 is 0.927 bits per heavy atom. The Morgan fingerprint density at radius 3 is 1.27 bits per heavy atom. The van der Waals surface area contributed by atoms with Crippen molar-refractivity contribution < 1.29 is 27.7 Å². The Morgan fingerprint density at radius 1 is 0.537 bits per heavy atom. The van der Waals surface area contributed by atoms with Crippen LogP contribution in [0.5, 0.6) is 23.0 Å². The first kappa shape index (κ1) is 29.7. The highest BCUT2D eigenvalue weighted by Gasteiger charge is 2.18. The van der Waals surface area contributed by atoms with Gasteiger partial charge in [0.1, 0.15) is 34.6 Å². The highest BCUT2D eigenvalue weighted by atomic mass is 32.2. The second kappa shape index (κ2) is 14.4. The fourth-order valence-corrected chi connectivity index (χ4v) is 5.51. The Kier molecular flexibility index (Phi) is 10.5. The number of hydrogen-bond donors (Lipinski definition) is 0. The third-order valence-corrected chi connectivity index (χ3v) is 7.92. The zero-order valence-electron chi connectivity index (χ0n) is 23.3. The molecule has 0 saturated heterocycles. The summed E-state index contributed by atoms with van der Waals surface area (Å²) in [7, 11) is 6.44. The van der Waals surface area contributed by atoms with Crippen molar-refractivity contribution in [3.8, 4) is 23.0 Å². The van der Waals surface area contributed by atoms with Crippen LogP contribution in [-0.4, -0.2) is 28.4 Å². The van der Waals surface area contributed by atoms with Crippen LogP contribution in [0.15, 0.2) is 97.1 Å². The highest BCUT2D eigenvalue weighted by Crippen LogP contribution is 2.44. The Balaban J connectivity index is 1.73. The van der Waals surface area contributed by atoms with Gasteiger partial charge in [0.25, 0.3) is 0 Å². The molecule has 2 atom stereocenters. The van der Waals surface area contributed by atoms with Crippen LogP contribution in [0.4, 0.5) is 8.78 Å². The summed E-state index contributed by atoms with van der Waals surface area (Å²) in [5.41, 5.74) is 3.58. The molecular formula is C34H32F2O4S. The van der Waals surface area contributed by atoms with Gasteiger partial charge in [0.2, 0.25) is 0 Å². The number of thioether (sulfide) groups is 1. The summed E-state index contributed by atoms with van der Waals surface area (Å²) in [6.45, 7) is 0. The highest BCUT2D eigenvalue weighted by molar-refractivity contribution is 8.00. The number of hydrogen-bond acceptors (Lipinski definition) is 5. The molecule has 0 heterocycles. The minimum atomic E-state index is -0.306. The molecule has 0 bridgehead atoms. The molecule has 0 amide bonds. The maximum atomic E-state index is 13.8. The molecule has 4 aromatic carbocycles. The molecule has 0 N–H and O–H groups in total. The molecular weight excluding hydrogens is 542 g/mol. The molecule has 0 fully saturated rings. The average molecular weight is 575 g/mol. The van der Waals surface area contributed by atoms with Crippen molar-refractivity contribution in [2.24, 2.45) is 0 Å². The van der Waals surface area contributed by atoms with Gasteiger partial charge in [0.15, 0.2) is 0 Å². The molecule has 0 aromatic heterocycles. The second-order valence-corrected chi connectivity index (χ2v) is 10.3. The zero-order chi connectivity index (χ0) is 29.2. The summed E-state index contributed by atoms with van der Waals surface area (Å²) in [4.78, 5) is 0. The smallest absolute Gasteiger partial charge is 0.129 e. The van der Waals surface area contributed by atoms with Gasteiger partial charge in [0.05, 0.1) is 28.4 Å². The van der Waals surface area contributed by atoms with Gasteiger partial charge >= 0.3 is 0 Å². The predicted molar refractivity (Wildman–Crippen MR) is 163 cm³/mol. The van der Waals surface area contributed by atoms with E-state index in [0.717, 1.165) is 22.3 Å². The second-order valence-electron chi connectivity index (χ2n) is 9.01. The van der Waals surface area contributed by atoms with E-state index in [0.29, 0.717) is 23.0 Å². The first-order valence-corrected chi connectivity index (χ1v) is 13.8. The summed E-state index contributed by atoms with van der Waals surface area (Å²) < 4.78 is 49.5. The summed E-state index contributed by atoms with van der Waals surface area (Å²) in [6.07, 6.45) is 8.08. The van der Waals surface area contributed by atoms with E-state index in [1.165, 1.54) is 24.3 Å². The number of halogens is 2. The van der Waals surface area contributed by atoms with Crippen LogP contribution in [0.1, 0.15) is 32.8 Å². The Hall–Kier alpha value is -4.23. The van der Waals surface area contributed by atoms with E-state index in [2.05, 4.69) is 12.2 Å². The van der Waals surface area contributed by atoms with Gasteiger partial charge in [-0.25, -0.2) is 8.78 Å². The monoisotopic (exact) mass is 574 g/mol. The van der Waals surface area contributed by atoms with Crippen molar-refractivity contribution in [2.45, 2.75) is 10.5 Å². The fourth-order valence-electron chi connectivity index (χ4n) is 4.23. The third kappa shape index (κ3) is 7.92. The van der Waals surface area contributed by atoms with Crippen molar-refractivity contribution in [3.05, 3.63) is 131 Å². The Bertz CT molecular complexity index is 1370.